The first-order chi connectivity index (χ1) is 13.0. The number of nitrogens with two attached hydrogens (primary N) is 1. The van der Waals surface area contributed by atoms with Crippen molar-refractivity contribution in [2.24, 2.45) is 5.73 Å². The van der Waals surface area contributed by atoms with Gasteiger partial charge in [-0.05, 0) is 40.0 Å². The van der Waals surface area contributed by atoms with E-state index in [4.69, 9.17) is 19.0 Å². The van der Waals surface area contributed by atoms with Gasteiger partial charge in [-0.1, -0.05) is 25.7 Å². The molecule has 0 spiro atoms. The zero-order valence-corrected chi connectivity index (χ0v) is 18.5. The second-order valence-electron chi connectivity index (χ2n) is 6.52. The van der Waals surface area contributed by atoms with Crippen molar-refractivity contribution in [3.63, 3.8) is 0 Å². The Hall–Kier alpha value is -0.963. The van der Waals surface area contributed by atoms with Crippen molar-refractivity contribution in [3.05, 3.63) is 0 Å². The largest absolute Gasteiger partial charge is 0.500 e. The smallest absolute Gasteiger partial charge is 0.374 e. The van der Waals surface area contributed by atoms with Gasteiger partial charge in [-0.15, -0.1) is 0 Å². The van der Waals surface area contributed by atoms with Crippen LogP contribution in [-0.4, -0.2) is 47.0 Å². The van der Waals surface area contributed by atoms with E-state index < -0.39 is 8.80 Å². The SMILES string of the molecule is CCO[Si](CCCNC(=O)CCCCCCCCC(N)=O)(OCC)OCC. The Labute approximate surface area is 166 Å². The molecule has 0 aromatic heterocycles. The molecule has 8 heteroatoms. The fourth-order valence-corrected chi connectivity index (χ4v) is 5.53. The predicted molar refractivity (Wildman–Crippen MR) is 109 cm³/mol. The highest BCUT2D eigenvalue weighted by Crippen LogP contribution is 2.17. The van der Waals surface area contributed by atoms with Crippen LogP contribution in [0.25, 0.3) is 0 Å². The zero-order chi connectivity index (χ0) is 20.4. The molecular formula is C19H40N2O5Si. The molecule has 7 nitrogen and oxygen atoms in total. The molecule has 0 aliphatic heterocycles. The van der Waals surface area contributed by atoms with Crippen molar-refractivity contribution in [3.8, 4) is 0 Å². The molecule has 0 saturated carbocycles. The Morgan fingerprint density at radius 3 is 1.74 bits per heavy atom. The van der Waals surface area contributed by atoms with Crippen LogP contribution in [0.2, 0.25) is 6.04 Å². The van der Waals surface area contributed by atoms with E-state index in [2.05, 4.69) is 5.32 Å². The van der Waals surface area contributed by atoms with Crippen molar-refractivity contribution < 1.29 is 22.9 Å². The summed E-state index contributed by atoms with van der Waals surface area (Å²) in [6.07, 6.45) is 7.85. The van der Waals surface area contributed by atoms with Gasteiger partial charge in [-0.3, -0.25) is 9.59 Å². The van der Waals surface area contributed by atoms with Crippen molar-refractivity contribution in [2.75, 3.05) is 26.4 Å². The van der Waals surface area contributed by atoms with E-state index in [1.807, 2.05) is 20.8 Å². The topological polar surface area (TPSA) is 99.9 Å². The van der Waals surface area contributed by atoms with Crippen LogP contribution in [0.15, 0.2) is 0 Å². The van der Waals surface area contributed by atoms with Crippen molar-refractivity contribution in [1.82, 2.24) is 5.32 Å². The van der Waals surface area contributed by atoms with Gasteiger partial charge in [0.25, 0.3) is 0 Å². The standard InChI is InChI=1S/C19H40N2O5Si/c1-4-24-27(25-5-2,26-6-3)17-13-16-21-19(23)15-12-10-8-7-9-11-14-18(20)22/h4-17H2,1-3H3,(H2,20,22)(H,21,23). The van der Waals surface area contributed by atoms with Crippen LogP contribution in [0.3, 0.4) is 0 Å². The first kappa shape index (κ1) is 26.0. The number of unbranched alkanes of at least 4 members (excludes halogenated alkanes) is 5. The monoisotopic (exact) mass is 404 g/mol. The quantitative estimate of drug-likeness (QED) is 0.254. The van der Waals surface area contributed by atoms with Gasteiger partial charge in [0, 0.05) is 45.3 Å². The molecule has 0 aromatic carbocycles. The van der Waals surface area contributed by atoms with Crippen LogP contribution in [-0.2, 0) is 22.9 Å². The number of rotatable bonds is 19. The lowest BCUT2D eigenvalue weighted by Gasteiger charge is -2.28. The third kappa shape index (κ3) is 14.7. The molecule has 0 fully saturated rings. The summed E-state index contributed by atoms with van der Waals surface area (Å²) in [5, 5.41) is 2.97. The molecule has 0 aromatic rings. The summed E-state index contributed by atoms with van der Waals surface area (Å²) in [7, 11) is -2.60. The summed E-state index contributed by atoms with van der Waals surface area (Å²) in [5.41, 5.74) is 5.10. The van der Waals surface area contributed by atoms with E-state index in [0.717, 1.165) is 44.9 Å². The number of carbonyl (C=O) groups excluding carboxylic acids is 2. The average Bonchev–Trinajstić information content (AvgIpc) is 2.61. The molecule has 0 aliphatic carbocycles. The summed E-state index contributed by atoms with van der Waals surface area (Å²) in [5.74, 6) is -0.129. The van der Waals surface area contributed by atoms with E-state index >= 15 is 0 Å². The molecule has 3 N–H and O–H groups in total. The Balaban J connectivity index is 3.78. The summed E-state index contributed by atoms with van der Waals surface area (Å²) >= 11 is 0. The van der Waals surface area contributed by atoms with Crippen LogP contribution < -0.4 is 11.1 Å². The van der Waals surface area contributed by atoms with E-state index in [-0.39, 0.29) is 11.8 Å². The summed E-state index contributed by atoms with van der Waals surface area (Å²) < 4.78 is 17.4. The van der Waals surface area contributed by atoms with Gasteiger partial charge >= 0.3 is 8.80 Å². The van der Waals surface area contributed by atoms with Gasteiger partial charge in [0.1, 0.15) is 0 Å². The predicted octanol–water partition coefficient (Wildman–Crippen LogP) is 3.15. The van der Waals surface area contributed by atoms with Gasteiger partial charge < -0.3 is 24.3 Å². The maximum Gasteiger partial charge on any atom is 0.500 e. The minimum atomic E-state index is -2.60. The van der Waals surface area contributed by atoms with Crippen molar-refractivity contribution >= 4 is 20.6 Å². The van der Waals surface area contributed by atoms with Crippen molar-refractivity contribution in [2.45, 2.75) is 84.6 Å². The maximum atomic E-state index is 11.9. The number of hydrogen-bond donors (Lipinski definition) is 2. The van der Waals surface area contributed by atoms with Gasteiger partial charge in [-0.25, -0.2) is 0 Å². The molecule has 0 heterocycles. The van der Waals surface area contributed by atoms with E-state index in [1.54, 1.807) is 0 Å². The molecule has 0 atom stereocenters. The molecule has 0 bridgehead atoms. The first-order valence-corrected chi connectivity index (χ1v) is 12.4. The second kappa shape index (κ2) is 17.2. The molecule has 27 heavy (non-hydrogen) atoms. The first-order valence-electron chi connectivity index (χ1n) is 10.5. The summed E-state index contributed by atoms with van der Waals surface area (Å²) in [4.78, 5) is 22.5. The lowest BCUT2D eigenvalue weighted by Crippen LogP contribution is -2.46. The van der Waals surface area contributed by atoms with E-state index in [1.165, 1.54) is 0 Å². The van der Waals surface area contributed by atoms with Gasteiger partial charge in [-0.2, -0.15) is 0 Å². The normalized spacial score (nSPS) is 11.5. The minimum Gasteiger partial charge on any atom is -0.374 e. The Kier molecular flexibility index (Phi) is 16.5. The van der Waals surface area contributed by atoms with Gasteiger partial charge in [0.2, 0.25) is 11.8 Å². The molecule has 0 rings (SSSR count). The summed E-state index contributed by atoms with van der Waals surface area (Å²) in [6.45, 7) is 8.16. The van der Waals surface area contributed by atoms with Crippen LogP contribution in [0.4, 0.5) is 0 Å². The van der Waals surface area contributed by atoms with E-state index in [9.17, 15) is 9.59 Å². The van der Waals surface area contributed by atoms with Crippen LogP contribution in [0.1, 0.15) is 78.6 Å². The number of primary amides is 1. The maximum absolute atomic E-state index is 11.9. The number of carbonyl (C=O) groups is 2. The highest BCUT2D eigenvalue weighted by atomic mass is 28.4. The number of nitrogens with one attached hydrogen (secondary N) is 1. The lowest BCUT2D eigenvalue weighted by molar-refractivity contribution is -0.121. The Morgan fingerprint density at radius 1 is 0.778 bits per heavy atom. The van der Waals surface area contributed by atoms with E-state index in [0.29, 0.717) is 45.3 Å². The highest BCUT2D eigenvalue weighted by molar-refractivity contribution is 6.60. The van der Waals surface area contributed by atoms with Crippen LogP contribution in [0.5, 0.6) is 0 Å². The Morgan fingerprint density at radius 2 is 1.26 bits per heavy atom. The second-order valence-corrected chi connectivity index (χ2v) is 9.26. The van der Waals surface area contributed by atoms with Crippen LogP contribution in [0, 0.1) is 0 Å². The van der Waals surface area contributed by atoms with Crippen molar-refractivity contribution in [1.29, 1.82) is 0 Å². The molecule has 0 unspecified atom stereocenters. The number of hydrogen-bond acceptors (Lipinski definition) is 5. The third-order valence-corrected chi connectivity index (χ3v) is 7.30. The third-order valence-electron chi connectivity index (χ3n) is 4.15. The highest BCUT2D eigenvalue weighted by Gasteiger charge is 2.39. The molecule has 0 radical (unpaired) electrons. The zero-order valence-electron chi connectivity index (χ0n) is 17.5. The average molecular weight is 405 g/mol. The van der Waals surface area contributed by atoms with Gasteiger partial charge in [0.15, 0.2) is 0 Å². The summed E-state index contributed by atoms with van der Waals surface area (Å²) in [6, 6.07) is 0.716. The minimum absolute atomic E-state index is 0.0974. The number of amides is 2. The molecule has 0 saturated heterocycles. The fraction of sp³-hybridized carbons (Fsp3) is 0.895. The lowest BCUT2D eigenvalue weighted by atomic mass is 10.1. The molecule has 160 valence electrons. The van der Waals surface area contributed by atoms with Crippen LogP contribution >= 0.6 is 0 Å². The molecule has 0 aliphatic rings. The molecular weight excluding hydrogens is 364 g/mol. The fourth-order valence-electron chi connectivity index (χ4n) is 2.91. The molecule has 2 amide bonds. The Bertz CT molecular complexity index is 379. The van der Waals surface area contributed by atoms with Gasteiger partial charge in [0.05, 0.1) is 0 Å².